The van der Waals surface area contributed by atoms with Crippen molar-refractivity contribution in [2.24, 2.45) is 0 Å². The number of methoxy groups -OCH3 is 1. The number of fused-ring (bicyclic) bond motifs is 1. The van der Waals surface area contributed by atoms with Gasteiger partial charge in [0, 0.05) is 24.1 Å². The molecule has 4 aromatic rings. The predicted octanol–water partition coefficient (Wildman–Crippen LogP) is 5.45. The fraction of sp³-hybridized carbons (Fsp3) is 0.125. The van der Waals surface area contributed by atoms with E-state index in [1.165, 1.54) is 32.5 Å². The van der Waals surface area contributed by atoms with Crippen molar-refractivity contribution in [2.75, 3.05) is 12.4 Å². The topological polar surface area (TPSA) is 82.6 Å². The minimum atomic E-state index is -0.456. The highest BCUT2D eigenvalue weighted by molar-refractivity contribution is 5.93. The summed E-state index contributed by atoms with van der Waals surface area (Å²) < 4.78 is 29.5. The van der Waals surface area contributed by atoms with Crippen LogP contribution in [-0.4, -0.2) is 23.0 Å². The van der Waals surface area contributed by atoms with Crippen LogP contribution in [0.1, 0.15) is 12.5 Å². The number of carbonyl (C=O) groups is 1. The van der Waals surface area contributed by atoms with Crippen molar-refractivity contribution in [1.29, 1.82) is 0 Å². The zero-order valence-electron chi connectivity index (χ0n) is 17.9. The molecule has 1 aromatic heterocycles. The lowest BCUT2D eigenvalue weighted by Gasteiger charge is -2.13. The van der Waals surface area contributed by atoms with Crippen LogP contribution in [0.15, 0.2) is 67.0 Å². The second-order valence-corrected chi connectivity index (χ2v) is 6.90. The van der Waals surface area contributed by atoms with Crippen LogP contribution < -0.4 is 19.5 Å². The average molecular weight is 470 g/mol. The van der Waals surface area contributed by atoms with E-state index >= 15 is 0 Å². The first-order valence-electron chi connectivity index (χ1n) is 9.77. The summed E-state index contributed by atoms with van der Waals surface area (Å²) in [6.07, 6.45) is 1.44. The Morgan fingerprint density at radius 2 is 1.82 bits per heavy atom. The molecule has 4 rings (SSSR count). The van der Waals surface area contributed by atoms with Gasteiger partial charge in [-0.3, -0.25) is 4.79 Å². The van der Waals surface area contributed by atoms with Gasteiger partial charge < -0.3 is 19.5 Å². The molecule has 0 atom stereocenters. The van der Waals surface area contributed by atoms with E-state index in [9.17, 15) is 9.18 Å². The molecule has 0 aliphatic rings. The summed E-state index contributed by atoms with van der Waals surface area (Å²) >= 11 is 0. The third-order valence-corrected chi connectivity index (χ3v) is 4.59. The van der Waals surface area contributed by atoms with Crippen LogP contribution in [0.4, 0.5) is 15.9 Å². The van der Waals surface area contributed by atoms with Crippen molar-refractivity contribution in [3.05, 3.63) is 78.4 Å². The molecule has 170 valence electrons. The first-order chi connectivity index (χ1) is 15.5. The molecule has 0 fully saturated rings. The molecule has 3 aromatic carbocycles. The molecule has 9 heteroatoms. The monoisotopic (exact) mass is 469 g/mol. The molecule has 0 radical (unpaired) electrons. The van der Waals surface area contributed by atoms with E-state index in [1.54, 1.807) is 36.4 Å². The predicted molar refractivity (Wildman–Crippen MR) is 125 cm³/mol. The molecule has 0 saturated heterocycles. The van der Waals surface area contributed by atoms with E-state index in [4.69, 9.17) is 14.2 Å². The summed E-state index contributed by atoms with van der Waals surface area (Å²) in [6.45, 7) is 1.59. The van der Waals surface area contributed by atoms with Crippen molar-refractivity contribution < 1.29 is 23.4 Å². The lowest BCUT2D eigenvalue weighted by molar-refractivity contribution is -0.132. The first-order valence-corrected chi connectivity index (χ1v) is 9.77. The molecule has 0 bridgehead atoms. The Morgan fingerprint density at radius 3 is 2.52 bits per heavy atom. The SMILES string of the molecule is COc1cc2ncnc(Nc3ccc(OCc4cccc(F)c4)cc3)c2cc1OC(C)=O.Cl. The molecular formula is C24H21ClFN3O4. The number of ether oxygens (including phenoxy) is 3. The lowest BCUT2D eigenvalue weighted by Crippen LogP contribution is -2.04. The molecule has 0 aliphatic carbocycles. The highest BCUT2D eigenvalue weighted by atomic mass is 35.5. The maximum absolute atomic E-state index is 13.3. The zero-order valence-corrected chi connectivity index (χ0v) is 18.7. The third-order valence-electron chi connectivity index (χ3n) is 4.59. The van der Waals surface area contributed by atoms with Gasteiger partial charge >= 0.3 is 5.97 Å². The van der Waals surface area contributed by atoms with Crippen LogP contribution in [0.5, 0.6) is 17.2 Å². The van der Waals surface area contributed by atoms with Crippen LogP contribution in [0.25, 0.3) is 10.9 Å². The Hall–Kier alpha value is -3.91. The van der Waals surface area contributed by atoms with Crippen molar-refractivity contribution in [3.8, 4) is 17.2 Å². The van der Waals surface area contributed by atoms with Crippen molar-refractivity contribution in [3.63, 3.8) is 0 Å². The number of rotatable bonds is 7. The number of aromatic nitrogens is 2. The van der Waals surface area contributed by atoms with E-state index in [0.29, 0.717) is 28.2 Å². The minimum Gasteiger partial charge on any atom is -0.493 e. The highest BCUT2D eigenvalue weighted by Crippen LogP contribution is 2.35. The van der Waals surface area contributed by atoms with Crippen molar-refractivity contribution >= 4 is 40.8 Å². The number of hydrogen-bond acceptors (Lipinski definition) is 7. The Bertz CT molecular complexity index is 1270. The number of anilines is 2. The molecule has 1 N–H and O–H groups in total. The van der Waals surface area contributed by atoms with E-state index in [1.807, 2.05) is 12.1 Å². The fourth-order valence-corrected chi connectivity index (χ4v) is 3.12. The number of hydrogen-bond donors (Lipinski definition) is 1. The van der Waals surface area contributed by atoms with Crippen LogP contribution in [-0.2, 0) is 11.4 Å². The Balaban J connectivity index is 0.00000306. The van der Waals surface area contributed by atoms with Gasteiger partial charge in [-0.25, -0.2) is 14.4 Å². The molecule has 0 saturated carbocycles. The number of esters is 1. The van der Waals surface area contributed by atoms with Crippen LogP contribution in [0, 0.1) is 5.82 Å². The van der Waals surface area contributed by atoms with Crippen LogP contribution >= 0.6 is 12.4 Å². The molecule has 33 heavy (non-hydrogen) atoms. The van der Waals surface area contributed by atoms with Gasteiger partial charge in [-0.15, -0.1) is 12.4 Å². The molecule has 0 amide bonds. The van der Waals surface area contributed by atoms with E-state index in [0.717, 1.165) is 11.3 Å². The fourth-order valence-electron chi connectivity index (χ4n) is 3.12. The Labute approximate surface area is 195 Å². The molecule has 0 aliphatic heterocycles. The van der Waals surface area contributed by atoms with Gasteiger partial charge in [-0.2, -0.15) is 0 Å². The average Bonchev–Trinajstić information content (AvgIpc) is 2.78. The Morgan fingerprint density at radius 1 is 1.03 bits per heavy atom. The molecule has 0 spiro atoms. The minimum absolute atomic E-state index is 0. The van der Waals surface area contributed by atoms with Crippen LogP contribution in [0.3, 0.4) is 0 Å². The zero-order chi connectivity index (χ0) is 22.5. The highest BCUT2D eigenvalue weighted by Gasteiger charge is 2.13. The Kier molecular flexibility index (Phi) is 7.63. The summed E-state index contributed by atoms with van der Waals surface area (Å²) in [5.74, 6) is 1.12. The van der Waals surface area contributed by atoms with Crippen molar-refractivity contribution in [1.82, 2.24) is 9.97 Å². The second kappa shape index (κ2) is 10.6. The lowest BCUT2D eigenvalue weighted by atomic mass is 10.2. The van der Waals surface area contributed by atoms with E-state index < -0.39 is 5.97 Å². The van der Waals surface area contributed by atoms with Gasteiger partial charge in [-0.1, -0.05) is 12.1 Å². The van der Waals surface area contributed by atoms with Gasteiger partial charge in [0.2, 0.25) is 0 Å². The number of benzene rings is 3. The second-order valence-electron chi connectivity index (χ2n) is 6.90. The summed E-state index contributed by atoms with van der Waals surface area (Å²) in [6, 6.07) is 16.9. The number of halogens is 2. The smallest absolute Gasteiger partial charge is 0.308 e. The summed E-state index contributed by atoms with van der Waals surface area (Å²) in [7, 11) is 1.49. The number of nitrogens with one attached hydrogen (secondary N) is 1. The maximum Gasteiger partial charge on any atom is 0.308 e. The maximum atomic E-state index is 13.3. The largest absolute Gasteiger partial charge is 0.493 e. The molecule has 1 heterocycles. The normalized spacial score (nSPS) is 10.3. The molecule has 0 unspecified atom stereocenters. The number of nitrogens with zero attached hydrogens (tertiary/aromatic N) is 2. The summed E-state index contributed by atoms with van der Waals surface area (Å²) in [5.41, 5.74) is 2.15. The summed E-state index contributed by atoms with van der Waals surface area (Å²) in [4.78, 5) is 20.0. The van der Waals surface area contributed by atoms with Gasteiger partial charge in [0.05, 0.1) is 12.6 Å². The van der Waals surface area contributed by atoms with Crippen molar-refractivity contribution in [2.45, 2.75) is 13.5 Å². The molecule has 7 nitrogen and oxygen atoms in total. The first kappa shape index (κ1) is 23.7. The number of carbonyl (C=O) groups excluding carboxylic acids is 1. The van der Waals surface area contributed by atoms with Gasteiger partial charge in [-0.05, 0) is 48.0 Å². The van der Waals surface area contributed by atoms with E-state index in [2.05, 4.69) is 15.3 Å². The molecular weight excluding hydrogens is 449 g/mol. The van der Waals surface area contributed by atoms with Gasteiger partial charge in [0.1, 0.15) is 30.3 Å². The van der Waals surface area contributed by atoms with Gasteiger partial charge in [0.15, 0.2) is 11.5 Å². The van der Waals surface area contributed by atoms with Gasteiger partial charge in [0.25, 0.3) is 0 Å². The van der Waals surface area contributed by atoms with Crippen LogP contribution in [0.2, 0.25) is 0 Å². The third kappa shape index (κ3) is 5.87. The summed E-state index contributed by atoms with van der Waals surface area (Å²) in [5, 5.41) is 3.90. The standard InChI is InChI=1S/C24H20FN3O4.ClH/c1-15(29)32-23-11-20-21(12-22(23)30-2)26-14-27-24(20)28-18-6-8-19(9-7-18)31-13-16-4-3-5-17(25)10-16;/h3-12,14H,13H2,1-2H3,(H,26,27,28);1H. The van der Waals surface area contributed by atoms with E-state index in [-0.39, 0.29) is 30.6 Å². The quantitative estimate of drug-likeness (QED) is 0.285.